The largest absolute Gasteiger partial charge is 0.507 e. The molecule has 0 aromatic heterocycles. The van der Waals surface area contributed by atoms with Crippen LogP contribution in [-0.4, -0.2) is 42.3 Å². The van der Waals surface area contributed by atoms with E-state index in [4.69, 9.17) is 19.3 Å². The summed E-state index contributed by atoms with van der Waals surface area (Å²) < 4.78 is 16.5. The van der Waals surface area contributed by atoms with Crippen molar-refractivity contribution in [2.75, 3.05) is 20.3 Å². The van der Waals surface area contributed by atoms with Gasteiger partial charge >= 0.3 is 5.97 Å². The van der Waals surface area contributed by atoms with Crippen molar-refractivity contribution in [3.8, 4) is 23.0 Å². The Morgan fingerprint density at radius 3 is 2.19 bits per heavy atom. The average Bonchev–Trinajstić information content (AvgIpc) is 2.69. The molecular weight excluding hydrogens is 400 g/mol. The van der Waals surface area contributed by atoms with Crippen molar-refractivity contribution in [1.82, 2.24) is 0 Å². The second-order valence-electron chi connectivity index (χ2n) is 8.41. The van der Waals surface area contributed by atoms with Crippen LogP contribution in [0, 0.1) is 5.41 Å². The zero-order valence-electron chi connectivity index (χ0n) is 18.4. The summed E-state index contributed by atoms with van der Waals surface area (Å²) in [6, 6.07) is 9.17. The van der Waals surface area contributed by atoms with Crippen LogP contribution in [0.25, 0.3) is 0 Å². The lowest BCUT2D eigenvalue weighted by Crippen LogP contribution is -2.13. The van der Waals surface area contributed by atoms with Crippen molar-refractivity contribution in [3.05, 3.63) is 47.5 Å². The van der Waals surface area contributed by atoms with E-state index < -0.39 is 5.97 Å². The Bertz CT molecular complexity index is 913. The number of Topliss-reactive ketones (excluding diaryl/α,β-unsaturated/α-hetero) is 1. The van der Waals surface area contributed by atoms with Crippen LogP contribution in [0.1, 0.15) is 60.7 Å². The van der Waals surface area contributed by atoms with Crippen molar-refractivity contribution in [2.24, 2.45) is 5.41 Å². The number of carbonyl (C=O) groups excluding carboxylic acids is 1. The van der Waals surface area contributed by atoms with Crippen molar-refractivity contribution < 1.29 is 34.0 Å². The molecule has 0 aliphatic rings. The molecular formula is C24H30O7. The van der Waals surface area contributed by atoms with Gasteiger partial charge in [-0.05, 0) is 48.6 Å². The molecule has 2 aromatic rings. The topological polar surface area (TPSA) is 102 Å². The first kappa shape index (κ1) is 24.1. The van der Waals surface area contributed by atoms with Crippen LogP contribution >= 0.6 is 0 Å². The van der Waals surface area contributed by atoms with E-state index in [9.17, 15) is 14.7 Å². The number of ketones is 1. The third-order valence-electron chi connectivity index (χ3n) is 4.44. The highest BCUT2D eigenvalue weighted by molar-refractivity contribution is 5.99. The Labute approximate surface area is 182 Å². The number of phenols is 1. The Hall–Kier alpha value is -3.22. The van der Waals surface area contributed by atoms with Crippen molar-refractivity contribution in [1.29, 1.82) is 0 Å². The molecule has 2 N–H and O–H groups in total. The molecule has 0 aliphatic heterocycles. The number of carbonyl (C=O) groups is 2. The fraction of sp³-hybridized carbons (Fsp3) is 0.417. The number of phenolic OH excluding ortho intramolecular Hbond substituents is 1. The summed E-state index contributed by atoms with van der Waals surface area (Å²) in [6.45, 7) is 6.70. The minimum atomic E-state index is -1.03. The van der Waals surface area contributed by atoms with E-state index in [1.54, 1.807) is 18.2 Å². The van der Waals surface area contributed by atoms with Gasteiger partial charge in [0.25, 0.3) is 0 Å². The Kier molecular flexibility index (Phi) is 8.30. The minimum Gasteiger partial charge on any atom is -0.507 e. The summed E-state index contributed by atoms with van der Waals surface area (Å²) in [5.41, 5.74) is 0.274. The van der Waals surface area contributed by atoms with Gasteiger partial charge in [-0.3, -0.25) is 4.79 Å². The molecule has 0 amide bonds. The number of carboxylic acid groups (broad SMARTS) is 1. The fourth-order valence-corrected chi connectivity index (χ4v) is 2.91. The summed E-state index contributed by atoms with van der Waals surface area (Å²) in [5, 5.41) is 19.3. The maximum Gasteiger partial charge on any atom is 0.335 e. The van der Waals surface area contributed by atoms with Crippen molar-refractivity contribution in [2.45, 2.75) is 40.0 Å². The molecule has 168 valence electrons. The molecule has 0 radical (unpaired) electrons. The lowest BCUT2D eigenvalue weighted by Gasteiger charge is -2.17. The van der Waals surface area contributed by atoms with Crippen molar-refractivity contribution >= 4 is 11.8 Å². The lowest BCUT2D eigenvalue weighted by atomic mass is 9.87. The number of aromatic hydroxyl groups is 1. The van der Waals surface area contributed by atoms with E-state index in [1.165, 1.54) is 25.3 Å². The van der Waals surface area contributed by atoms with Crippen LogP contribution in [0.5, 0.6) is 23.0 Å². The average molecular weight is 430 g/mol. The smallest absolute Gasteiger partial charge is 0.335 e. The van der Waals surface area contributed by atoms with Gasteiger partial charge in [0, 0.05) is 12.5 Å². The highest BCUT2D eigenvalue weighted by atomic mass is 16.5. The molecule has 0 unspecified atom stereocenters. The van der Waals surface area contributed by atoms with E-state index in [0.717, 1.165) is 0 Å². The van der Waals surface area contributed by atoms with Crippen LogP contribution in [-0.2, 0) is 0 Å². The standard InChI is InChI=1S/C24H30O7/c1-24(2,3)15-20(26)18-9-8-17(14-19(18)25)30-11-5-6-12-31-22-13-16(23(27)28)7-10-21(22)29-4/h7-10,13-14,25H,5-6,11-12,15H2,1-4H3,(H,27,28). The molecule has 2 aromatic carbocycles. The van der Waals surface area contributed by atoms with Gasteiger partial charge in [-0.2, -0.15) is 0 Å². The molecule has 0 atom stereocenters. The molecule has 0 spiro atoms. The van der Waals surface area contributed by atoms with Gasteiger partial charge in [0.2, 0.25) is 0 Å². The summed E-state index contributed by atoms with van der Waals surface area (Å²) in [5.74, 6) is 0.120. The van der Waals surface area contributed by atoms with E-state index in [0.29, 0.717) is 55.3 Å². The summed E-state index contributed by atoms with van der Waals surface area (Å²) in [6.07, 6.45) is 1.71. The Morgan fingerprint density at radius 2 is 1.61 bits per heavy atom. The third-order valence-corrected chi connectivity index (χ3v) is 4.44. The molecule has 0 fully saturated rings. The second kappa shape index (κ2) is 10.7. The third kappa shape index (κ3) is 7.51. The molecule has 7 heteroatoms. The van der Waals surface area contributed by atoms with Crippen LogP contribution < -0.4 is 14.2 Å². The molecule has 0 saturated carbocycles. The number of aromatic carboxylic acids is 1. The van der Waals surface area contributed by atoms with Crippen LogP contribution in [0.4, 0.5) is 0 Å². The maximum atomic E-state index is 12.3. The summed E-state index contributed by atoms with van der Waals surface area (Å²) in [4.78, 5) is 23.4. The first-order valence-corrected chi connectivity index (χ1v) is 10.1. The van der Waals surface area contributed by atoms with Crippen LogP contribution in [0.3, 0.4) is 0 Å². The van der Waals surface area contributed by atoms with Gasteiger partial charge in [0.15, 0.2) is 17.3 Å². The van der Waals surface area contributed by atoms with E-state index >= 15 is 0 Å². The fourth-order valence-electron chi connectivity index (χ4n) is 2.91. The summed E-state index contributed by atoms with van der Waals surface area (Å²) >= 11 is 0. The lowest BCUT2D eigenvalue weighted by molar-refractivity contribution is 0.0696. The molecule has 0 aliphatic carbocycles. The number of carboxylic acids is 1. The number of unbranched alkanes of at least 4 members (excludes halogenated alkanes) is 1. The SMILES string of the molecule is COc1ccc(C(=O)O)cc1OCCCCOc1ccc(C(=O)CC(C)(C)C)c(O)c1. The molecule has 2 rings (SSSR count). The van der Waals surface area contributed by atoms with Gasteiger partial charge in [-0.15, -0.1) is 0 Å². The maximum absolute atomic E-state index is 12.3. The Morgan fingerprint density at radius 1 is 0.935 bits per heavy atom. The van der Waals surface area contributed by atoms with Gasteiger partial charge in [-0.25, -0.2) is 4.79 Å². The number of hydrogen-bond donors (Lipinski definition) is 2. The predicted molar refractivity (Wildman–Crippen MR) is 117 cm³/mol. The number of benzene rings is 2. The normalized spacial score (nSPS) is 11.1. The Balaban J connectivity index is 1.79. The van der Waals surface area contributed by atoms with Crippen LogP contribution in [0.15, 0.2) is 36.4 Å². The zero-order chi connectivity index (χ0) is 23.0. The second-order valence-corrected chi connectivity index (χ2v) is 8.41. The minimum absolute atomic E-state index is 0.0829. The monoisotopic (exact) mass is 430 g/mol. The first-order chi connectivity index (χ1) is 14.6. The number of rotatable bonds is 11. The molecule has 7 nitrogen and oxygen atoms in total. The predicted octanol–water partition coefficient (Wildman–Crippen LogP) is 4.96. The van der Waals surface area contributed by atoms with Crippen molar-refractivity contribution in [3.63, 3.8) is 0 Å². The van der Waals surface area contributed by atoms with E-state index in [1.807, 2.05) is 20.8 Å². The van der Waals surface area contributed by atoms with E-state index in [2.05, 4.69) is 0 Å². The highest BCUT2D eigenvalue weighted by Crippen LogP contribution is 2.29. The van der Waals surface area contributed by atoms with Gasteiger partial charge < -0.3 is 24.4 Å². The number of methoxy groups -OCH3 is 1. The molecule has 0 heterocycles. The highest BCUT2D eigenvalue weighted by Gasteiger charge is 2.20. The molecule has 0 bridgehead atoms. The van der Waals surface area contributed by atoms with Gasteiger partial charge in [0.1, 0.15) is 11.5 Å². The van der Waals surface area contributed by atoms with E-state index in [-0.39, 0.29) is 22.5 Å². The zero-order valence-corrected chi connectivity index (χ0v) is 18.4. The summed E-state index contributed by atoms with van der Waals surface area (Å²) in [7, 11) is 1.49. The van der Waals surface area contributed by atoms with Crippen LogP contribution in [0.2, 0.25) is 0 Å². The molecule has 0 saturated heterocycles. The van der Waals surface area contributed by atoms with Gasteiger partial charge in [-0.1, -0.05) is 20.8 Å². The quantitative estimate of drug-likeness (QED) is 0.384. The first-order valence-electron chi connectivity index (χ1n) is 10.1. The van der Waals surface area contributed by atoms with Gasteiger partial charge in [0.05, 0.1) is 31.5 Å². The number of ether oxygens (including phenoxy) is 3. The molecule has 31 heavy (non-hydrogen) atoms. The number of hydrogen-bond acceptors (Lipinski definition) is 6.